The van der Waals surface area contributed by atoms with Gasteiger partial charge in [0.05, 0.1) is 23.4 Å². The average molecular weight is 367 g/mol. The van der Waals surface area contributed by atoms with Gasteiger partial charge in [-0.25, -0.2) is 4.79 Å². The van der Waals surface area contributed by atoms with Crippen LogP contribution in [0.2, 0.25) is 0 Å². The molecule has 8 nitrogen and oxygen atoms in total. The zero-order chi connectivity index (χ0) is 15.7. The molecule has 9 heteroatoms. The molecule has 0 saturated carbocycles. The van der Waals surface area contributed by atoms with E-state index in [9.17, 15) is 14.9 Å². The van der Waals surface area contributed by atoms with E-state index in [1.54, 1.807) is 22.9 Å². The largest absolute Gasteiger partial charge is 0.419 e. The number of hydrogen-bond donors (Lipinski definition) is 0. The van der Waals surface area contributed by atoms with E-state index in [-0.39, 0.29) is 5.82 Å². The molecule has 22 heavy (non-hydrogen) atoms. The highest BCUT2D eigenvalue weighted by Crippen LogP contribution is 2.22. The molecule has 0 N–H and O–H groups in total. The van der Waals surface area contributed by atoms with Gasteiger partial charge in [-0.3, -0.25) is 4.57 Å². The number of aryl methyl sites for hydroxylation is 2. The Hall–Kier alpha value is -2.42. The maximum Gasteiger partial charge on any atom is 0.419 e. The van der Waals surface area contributed by atoms with E-state index in [0.29, 0.717) is 29.6 Å². The Morgan fingerprint density at radius 3 is 2.82 bits per heavy atom. The summed E-state index contributed by atoms with van der Waals surface area (Å²) in [6.07, 6.45) is 2.14. The van der Waals surface area contributed by atoms with Crippen LogP contribution in [-0.2, 0) is 13.1 Å². The van der Waals surface area contributed by atoms with Gasteiger partial charge in [0.25, 0.3) is 0 Å². The van der Waals surface area contributed by atoms with Crippen LogP contribution in [0.25, 0.3) is 11.1 Å². The van der Waals surface area contributed by atoms with Crippen molar-refractivity contribution in [2.75, 3.05) is 0 Å². The summed E-state index contributed by atoms with van der Waals surface area (Å²) in [6, 6.07) is 7.19. The summed E-state index contributed by atoms with van der Waals surface area (Å²) in [5.74, 6) is -0.625. The standard InChI is InChI=1S/C13H11BrN4O4/c14-9-8-16(15-12(9)18(20)21)6-3-7-17-10-4-1-2-5-11(10)22-13(17)19/h1-2,4-5,8H,3,6-7H2. The predicted molar refractivity (Wildman–Crippen MR) is 81.7 cm³/mol. The summed E-state index contributed by atoms with van der Waals surface area (Å²) in [4.78, 5) is 22.0. The van der Waals surface area contributed by atoms with Gasteiger partial charge in [-0.1, -0.05) is 12.1 Å². The Labute approximate surface area is 132 Å². The van der Waals surface area contributed by atoms with Crippen molar-refractivity contribution in [2.24, 2.45) is 0 Å². The number of hydrogen-bond acceptors (Lipinski definition) is 5. The molecule has 0 aliphatic heterocycles. The number of fused-ring (bicyclic) bond motifs is 1. The third-order valence-corrected chi connectivity index (χ3v) is 3.77. The minimum absolute atomic E-state index is 0.217. The highest BCUT2D eigenvalue weighted by atomic mass is 79.9. The van der Waals surface area contributed by atoms with Gasteiger partial charge in [0.2, 0.25) is 0 Å². The average Bonchev–Trinajstić information content (AvgIpc) is 3.00. The van der Waals surface area contributed by atoms with Crippen LogP contribution in [0.15, 0.2) is 44.1 Å². The van der Waals surface area contributed by atoms with Crippen LogP contribution >= 0.6 is 15.9 Å². The molecule has 3 rings (SSSR count). The summed E-state index contributed by atoms with van der Waals surface area (Å²) in [7, 11) is 0. The lowest BCUT2D eigenvalue weighted by molar-refractivity contribution is -0.390. The molecule has 0 spiro atoms. The predicted octanol–water partition coefficient (Wildman–Crippen LogP) is 2.55. The first kappa shape index (κ1) is 14.5. The van der Waals surface area contributed by atoms with Crippen LogP contribution in [0, 0.1) is 10.1 Å². The zero-order valence-corrected chi connectivity index (χ0v) is 12.9. The lowest BCUT2D eigenvalue weighted by Gasteiger charge is -2.00. The molecule has 2 aromatic heterocycles. The second-order valence-corrected chi connectivity index (χ2v) is 5.52. The Morgan fingerprint density at radius 1 is 1.32 bits per heavy atom. The third-order valence-electron chi connectivity index (χ3n) is 3.21. The fourth-order valence-electron chi connectivity index (χ4n) is 2.24. The number of halogens is 1. The molecular weight excluding hydrogens is 356 g/mol. The molecule has 0 atom stereocenters. The Kier molecular flexibility index (Phi) is 3.80. The molecule has 0 fully saturated rings. The van der Waals surface area contributed by atoms with E-state index in [0.717, 1.165) is 5.52 Å². The fourth-order valence-corrected chi connectivity index (χ4v) is 2.70. The number of para-hydroxylation sites is 2. The number of rotatable bonds is 5. The van der Waals surface area contributed by atoms with Gasteiger partial charge in [-0.15, -0.1) is 0 Å². The maximum atomic E-state index is 11.8. The van der Waals surface area contributed by atoms with E-state index in [2.05, 4.69) is 21.0 Å². The van der Waals surface area contributed by atoms with Crippen LogP contribution in [-0.4, -0.2) is 19.3 Å². The lowest BCUT2D eigenvalue weighted by Crippen LogP contribution is -2.15. The summed E-state index contributed by atoms with van der Waals surface area (Å²) < 4.78 is 8.51. The molecule has 0 bridgehead atoms. The highest BCUT2D eigenvalue weighted by Gasteiger charge is 2.18. The normalized spacial score (nSPS) is 11.1. The minimum Gasteiger partial charge on any atom is -0.408 e. The first-order chi connectivity index (χ1) is 10.6. The van der Waals surface area contributed by atoms with Crippen molar-refractivity contribution in [3.8, 4) is 0 Å². The molecule has 0 radical (unpaired) electrons. The summed E-state index contributed by atoms with van der Waals surface area (Å²) in [5, 5.41) is 14.6. The van der Waals surface area contributed by atoms with Gasteiger partial charge in [-0.05, 0) is 39.4 Å². The van der Waals surface area contributed by atoms with Gasteiger partial charge in [-0.2, -0.15) is 4.68 Å². The molecular formula is C13H11BrN4O4. The first-order valence-electron chi connectivity index (χ1n) is 6.52. The highest BCUT2D eigenvalue weighted by molar-refractivity contribution is 9.10. The van der Waals surface area contributed by atoms with Crippen molar-refractivity contribution in [3.63, 3.8) is 0 Å². The van der Waals surface area contributed by atoms with Crippen LogP contribution in [0.5, 0.6) is 0 Å². The second kappa shape index (κ2) is 5.76. The van der Waals surface area contributed by atoms with E-state index in [1.165, 1.54) is 4.68 Å². The van der Waals surface area contributed by atoms with Crippen molar-refractivity contribution in [2.45, 2.75) is 19.5 Å². The second-order valence-electron chi connectivity index (χ2n) is 4.66. The molecule has 2 heterocycles. The minimum atomic E-state index is -0.547. The number of nitrogens with zero attached hydrogens (tertiary/aromatic N) is 4. The maximum absolute atomic E-state index is 11.8. The van der Waals surface area contributed by atoms with E-state index < -0.39 is 10.7 Å². The van der Waals surface area contributed by atoms with E-state index in [1.807, 2.05) is 12.1 Å². The van der Waals surface area contributed by atoms with Crippen LogP contribution in [0.4, 0.5) is 5.82 Å². The molecule has 0 aliphatic rings. The Bertz CT molecular complexity index is 895. The SMILES string of the molecule is O=c1oc2ccccc2n1CCCn1cc(Br)c([N+](=O)[O-])n1. The van der Waals surface area contributed by atoms with Crippen molar-refractivity contribution in [1.82, 2.24) is 14.3 Å². The van der Waals surface area contributed by atoms with E-state index in [4.69, 9.17) is 4.42 Å². The number of oxazole rings is 1. The fraction of sp³-hybridized carbons (Fsp3) is 0.231. The van der Waals surface area contributed by atoms with Gasteiger partial charge >= 0.3 is 11.6 Å². The Balaban J connectivity index is 1.73. The monoisotopic (exact) mass is 366 g/mol. The zero-order valence-electron chi connectivity index (χ0n) is 11.3. The van der Waals surface area contributed by atoms with Crippen LogP contribution in [0.1, 0.15) is 6.42 Å². The molecule has 0 amide bonds. The molecule has 114 valence electrons. The van der Waals surface area contributed by atoms with Crippen molar-refractivity contribution >= 4 is 32.8 Å². The van der Waals surface area contributed by atoms with Gasteiger partial charge < -0.3 is 14.5 Å². The lowest BCUT2D eigenvalue weighted by atomic mass is 10.3. The van der Waals surface area contributed by atoms with Crippen molar-refractivity contribution in [1.29, 1.82) is 0 Å². The van der Waals surface area contributed by atoms with Crippen LogP contribution in [0.3, 0.4) is 0 Å². The Morgan fingerprint density at radius 2 is 2.09 bits per heavy atom. The quantitative estimate of drug-likeness (QED) is 0.510. The van der Waals surface area contributed by atoms with Gasteiger partial charge in [0.15, 0.2) is 5.58 Å². The molecule has 3 aromatic rings. The smallest absolute Gasteiger partial charge is 0.408 e. The summed E-state index contributed by atoms with van der Waals surface area (Å²) in [5.41, 5.74) is 1.28. The van der Waals surface area contributed by atoms with Gasteiger partial charge in [0, 0.05) is 6.54 Å². The number of aromatic nitrogens is 3. The van der Waals surface area contributed by atoms with Crippen molar-refractivity contribution in [3.05, 3.63) is 55.6 Å². The van der Waals surface area contributed by atoms with Crippen molar-refractivity contribution < 1.29 is 9.34 Å². The summed E-state index contributed by atoms with van der Waals surface area (Å²) in [6.45, 7) is 0.902. The van der Waals surface area contributed by atoms with E-state index >= 15 is 0 Å². The summed E-state index contributed by atoms with van der Waals surface area (Å²) >= 11 is 3.10. The third kappa shape index (κ3) is 2.67. The molecule has 0 unspecified atom stereocenters. The molecule has 1 aromatic carbocycles. The first-order valence-corrected chi connectivity index (χ1v) is 7.31. The van der Waals surface area contributed by atoms with Crippen LogP contribution < -0.4 is 5.76 Å². The topological polar surface area (TPSA) is 96.1 Å². The molecule has 0 saturated heterocycles. The molecule has 0 aliphatic carbocycles. The number of benzene rings is 1. The number of nitro groups is 1. The van der Waals surface area contributed by atoms with Gasteiger partial charge in [0.1, 0.15) is 4.47 Å².